The molecule has 0 unspecified atom stereocenters. The maximum atomic E-state index is 14.4. The molecule has 0 bridgehead atoms. The number of halogens is 1. The molecule has 4 rings (SSSR count). The number of benzene rings is 4. The van der Waals surface area contributed by atoms with E-state index < -0.39 is 17.4 Å². The summed E-state index contributed by atoms with van der Waals surface area (Å²) in [6, 6.07) is 35.8. The van der Waals surface area contributed by atoms with Crippen molar-refractivity contribution in [1.82, 2.24) is 5.32 Å². The van der Waals surface area contributed by atoms with Gasteiger partial charge in [-0.05, 0) is 34.4 Å². The minimum absolute atomic E-state index is 0.298. The van der Waals surface area contributed by atoms with Gasteiger partial charge in [0, 0.05) is 10.9 Å². The molecule has 1 atom stereocenters. The standard InChI is InChI=1S/C30H26BrNO3/c1-35-28(33)27(21-22-12-11-19-26(31)20-22)32-29(34)30(23-13-5-2-6-14-23,24-15-7-3-8-16-24)25-17-9-4-10-18-25/h2-20,27H,21H2,1H3,(H,32,34)/t27-/m1/s1. The highest BCUT2D eigenvalue weighted by molar-refractivity contribution is 9.10. The Hall–Kier alpha value is -3.70. The summed E-state index contributed by atoms with van der Waals surface area (Å²) in [5.74, 6) is -0.798. The van der Waals surface area contributed by atoms with Gasteiger partial charge in [-0.1, -0.05) is 119 Å². The molecule has 0 aromatic heterocycles. The van der Waals surface area contributed by atoms with Gasteiger partial charge >= 0.3 is 5.97 Å². The number of amides is 1. The van der Waals surface area contributed by atoms with Gasteiger partial charge in [0.2, 0.25) is 5.91 Å². The van der Waals surface area contributed by atoms with E-state index in [1.807, 2.05) is 115 Å². The predicted molar refractivity (Wildman–Crippen MR) is 141 cm³/mol. The molecule has 1 amide bonds. The lowest BCUT2D eigenvalue weighted by atomic mass is 9.68. The van der Waals surface area contributed by atoms with Gasteiger partial charge in [-0.15, -0.1) is 0 Å². The number of nitrogens with one attached hydrogen (secondary N) is 1. The molecular formula is C30H26BrNO3. The molecule has 0 radical (unpaired) electrons. The maximum Gasteiger partial charge on any atom is 0.328 e. The van der Waals surface area contributed by atoms with Crippen LogP contribution in [0.25, 0.3) is 0 Å². The topological polar surface area (TPSA) is 55.4 Å². The Morgan fingerprint density at radius 2 is 1.26 bits per heavy atom. The quantitative estimate of drug-likeness (QED) is 0.236. The van der Waals surface area contributed by atoms with E-state index in [1.54, 1.807) is 0 Å². The molecule has 35 heavy (non-hydrogen) atoms. The van der Waals surface area contributed by atoms with Crippen LogP contribution in [-0.4, -0.2) is 25.0 Å². The minimum atomic E-state index is -1.17. The number of carbonyl (C=O) groups excluding carboxylic acids is 2. The van der Waals surface area contributed by atoms with Crippen LogP contribution in [-0.2, 0) is 26.2 Å². The van der Waals surface area contributed by atoms with Gasteiger partial charge in [0.25, 0.3) is 0 Å². The molecule has 4 nitrogen and oxygen atoms in total. The fourth-order valence-corrected chi connectivity index (χ4v) is 4.91. The summed E-state index contributed by atoms with van der Waals surface area (Å²) in [5, 5.41) is 3.04. The number of rotatable bonds is 8. The molecule has 0 saturated carbocycles. The number of esters is 1. The lowest BCUT2D eigenvalue weighted by molar-refractivity contribution is -0.145. The Morgan fingerprint density at radius 1 is 0.771 bits per heavy atom. The van der Waals surface area contributed by atoms with Gasteiger partial charge in [0.05, 0.1) is 7.11 Å². The average molecular weight is 528 g/mol. The first-order valence-corrected chi connectivity index (χ1v) is 12.1. The van der Waals surface area contributed by atoms with E-state index in [4.69, 9.17) is 4.74 Å². The van der Waals surface area contributed by atoms with E-state index in [1.165, 1.54) is 7.11 Å². The summed E-state index contributed by atoms with van der Waals surface area (Å²) >= 11 is 3.48. The molecule has 176 valence electrons. The number of hydrogen-bond acceptors (Lipinski definition) is 3. The first-order valence-electron chi connectivity index (χ1n) is 11.4. The Labute approximate surface area is 214 Å². The van der Waals surface area contributed by atoms with Crippen molar-refractivity contribution in [3.8, 4) is 0 Å². The molecule has 0 aliphatic rings. The zero-order chi connectivity index (χ0) is 24.7. The Kier molecular flexibility index (Phi) is 7.78. The Morgan fingerprint density at radius 3 is 1.69 bits per heavy atom. The second-order valence-corrected chi connectivity index (χ2v) is 9.15. The highest BCUT2D eigenvalue weighted by atomic mass is 79.9. The average Bonchev–Trinajstić information content (AvgIpc) is 2.90. The van der Waals surface area contributed by atoms with Crippen molar-refractivity contribution in [2.75, 3.05) is 7.11 Å². The van der Waals surface area contributed by atoms with Crippen molar-refractivity contribution in [1.29, 1.82) is 0 Å². The number of ether oxygens (including phenoxy) is 1. The SMILES string of the molecule is COC(=O)[C@@H](Cc1cccc(Br)c1)NC(=O)C(c1ccccc1)(c1ccccc1)c1ccccc1. The zero-order valence-corrected chi connectivity index (χ0v) is 20.9. The fourth-order valence-electron chi connectivity index (χ4n) is 4.46. The van der Waals surface area contributed by atoms with E-state index in [2.05, 4.69) is 21.2 Å². The molecule has 4 aromatic carbocycles. The fraction of sp³-hybridized carbons (Fsp3) is 0.133. The summed E-state index contributed by atoms with van der Waals surface area (Å²) in [4.78, 5) is 27.3. The van der Waals surface area contributed by atoms with E-state index in [9.17, 15) is 9.59 Å². The summed E-state index contributed by atoms with van der Waals surface area (Å²) in [5.41, 5.74) is 2.15. The molecule has 0 aliphatic heterocycles. The molecular weight excluding hydrogens is 502 g/mol. The molecule has 0 saturated heterocycles. The van der Waals surface area contributed by atoms with Gasteiger partial charge in [0.1, 0.15) is 11.5 Å². The van der Waals surface area contributed by atoms with Gasteiger partial charge in [-0.25, -0.2) is 4.79 Å². The second kappa shape index (κ2) is 11.2. The normalized spacial score (nSPS) is 11.9. The Bertz CT molecular complexity index is 1180. The molecule has 0 spiro atoms. The van der Waals surface area contributed by atoms with Crippen molar-refractivity contribution >= 4 is 27.8 Å². The first-order chi connectivity index (χ1) is 17.1. The van der Waals surface area contributed by atoms with Crippen molar-refractivity contribution in [3.63, 3.8) is 0 Å². The number of carbonyl (C=O) groups is 2. The van der Waals surface area contributed by atoms with Gasteiger partial charge in [-0.2, -0.15) is 0 Å². The van der Waals surface area contributed by atoms with Crippen molar-refractivity contribution in [2.24, 2.45) is 0 Å². The minimum Gasteiger partial charge on any atom is -0.467 e. The molecule has 4 aromatic rings. The Balaban J connectivity index is 1.85. The third-order valence-electron chi connectivity index (χ3n) is 6.08. The summed E-state index contributed by atoms with van der Waals surface area (Å²) in [6.07, 6.45) is 0.298. The highest BCUT2D eigenvalue weighted by Gasteiger charge is 2.45. The first kappa shape index (κ1) is 24.4. The monoisotopic (exact) mass is 527 g/mol. The molecule has 0 fully saturated rings. The van der Waals surface area contributed by atoms with Crippen LogP contribution < -0.4 is 5.32 Å². The summed E-state index contributed by atoms with van der Waals surface area (Å²) < 4.78 is 5.98. The predicted octanol–water partition coefficient (Wildman–Crippen LogP) is 5.68. The van der Waals surface area contributed by atoms with Crippen molar-refractivity contribution in [3.05, 3.63) is 142 Å². The lowest BCUT2D eigenvalue weighted by Gasteiger charge is -2.35. The van der Waals surface area contributed by atoms with Crippen LogP contribution in [0.5, 0.6) is 0 Å². The van der Waals surface area contributed by atoms with E-state index in [-0.39, 0.29) is 5.91 Å². The van der Waals surface area contributed by atoms with Crippen LogP contribution in [0, 0.1) is 0 Å². The van der Waals surface area contributed by atoms with Crippen molar-refractivity contribution in [2.45, 2.75) is 17.9 Å². The van der Waals surface area contributed by atoms with Crippen LogP contribution in [0.1, 0.15) is 22.3 Å². The van der Waals surface area contributed by atoms with Crippen LogP contribution in [0.3, 0.4) is 0 Å². The lowest BCUT2D eigenvalue weighted by Crippen LogP contribution is -2.52. The summed E-state index contributed by atoms with van der Waals surface area (Å²) in [7, 11) is 1.33. The van der Waals surface area contributed by atoms with E-state index in [0.717, 1.165) is 26.7 Å². The van der Waals surface area contributed by atoms with Crippen LogP contribution in [0.4, 0.5) is 0 Å². The van der Waals surface area contributed by atoms with E-state index in [0.29, 0.717) is 6.42 Å². The third kappa shape index (κ3) is 5.20. The molecule has 0 heterocycles. The zero-order valence-electron chi connectivity index (χ0n) is 19.4. The van der Waals surface area contributed by atoms with Crippen LogP contribution in [0.2, 0.25) is 0 Å². The largest absolute Gasteiger partial charge is 0.467 e. The second-order valence-electron chi connectivity index (χ2n) is 8.23. The van der Waals surface area contributed by atoms with Crippen molar-refractivity contribution < 1.29 is 14.3 Å². The van der Waals surface area contributed by atoms with Gasteiger partial charge < -0.3 is 10.1 Å². The van der Waals surface area contributed by atoms with E-state index >= 15 is 0 Å². The number of hydrogen-bond donors (Lipinski definition) is 1. The van der Waals surface area contributed by atoms with Gasteiger partial charge in [0.15, 0.2) is 0 Å². The third-order valence-corrected chi connectivity index (χ3v) is 6.57. The maximum absolute atomic E-state index is 14.4. The molecule has 0 aliphatic carbocycles. The smallest absolute Gasteiger partial charge is 0.328 e. The highest BCUT2D eigenvalue weighted by Crippen LogP contribution is 2.39. The van der Waals surface area contributed by atoms with Crippen LogP contribution >= 0.6 is 15.9 Å². The number of methoxy groups -OCH3 is 1. The molecule has 1 N–H and O–H groups in total. The summed E-state index contributed by atoms with van der Waals surface area (Å²) in [6.45, 7) is 0. The van der Waals surface area contributed by atoms with Crippen LogP contribution in [0.15, 0.2) is 120 Å². The van der Waals surface area contributed by atoms with Gasteiger partial charge in [-0.3, -0.25) is 4.79 Å². The molecule has 5 heteroatoms.